The predicted molar refractivity (Wildman–Crippen MR) is 171 cm³/mol. The summed E-state index contributed by atoms with van der Waals surface area (Å²) in [4.78, 5) is 0. The first kappa shape index (κ1) is 26.6. The summed E-state index contributed by atoms with van der Waals surface area (Å²) in [6.07, 6.45) is 3.11. The van der Waals surface area contributed by atoms with E-state index in [2.05, 4.69) is 120 Å². The van der Waals surface area contributed by atoms with E-state index in [9.17, 15) is 0 Å². The van der Waals surface area contributed by atoms with Gasteiger partial charge in [0.25, 0.3) is 0 Å². The van der Waals surface area contributed by atoms with Crippen molar-refractivity contribution in [3.63, 3.8) is 0 Å². The van der Waals surface area contributed by atoms with E-state index in [4.69, 9.17) is 4.42 Å². The molecule has 0 radical (unpaired) electrons. The largest absolute Gasteiger partial charge is 0.454 e. The zero-order chi connectivity index (χ0) is 29.6. The van der Waals surface area contributed by atoms with Crippen LogP contribution < -0.4 is 4.57 Å². The third-order valence-electron chi connectivity index (χ3n) is 9.04. The van der Waals surface area contributed by atoms with Gasteiger partial charge in [0.1, 0.15) is 24.0 Å². The maximum absolute atomic E-state index is 15.9. The van der Waals surface area contributed by atoms with E-state index < -0.39 is 0 Å². The number of fused-ring (bicyclic) bond motifs is 6. The molecule has 0 fully saturated rings. The molecule has 210 valence electrons. The van der Waals surface area contributed by atoms with E-state index in [1.165, 1.54) is 27.8 Å². The van der Waals surface area contributed by atoms with Crippen LogP contribution in [0.4, 0.5) is 4.39 Å². The molecular formula is C39H37FNO+. The Labute approximate surface area is 247 Å². The monoisotopic (exact) mass is 554 g/mol. The van der Waals surface area contributed by atoms with Gasteiger partial charge in [0, 0.05) is 28.3 Å². The molecule has 3 heteroatoms. The van der Waals surface area contributed by atoms with Crippen molar-refractivity contribution >= 4 is 21.9 Å². The van der Waals surface area contributed by atoms with Crippen molar-refractivity contribution in [2.45, 2.75) is 53.4 Å². The normalized spacial score (nSPS) is 14.0. The van der Waals surface area contributed by atoms with Crippen LogP contribution in [0.2, 0.25) is 0 Å². The molecule has 1 aliphatic rings. The van der Waals surface area contributed by atoms with Crippen molar-refractivity contribution in [3.8, 4) is 33.5 Å². The van der Waals surface area contributed by atoms with Gasteiger partial charge in [-0.1, -0.05) is 83.1 Å². The summed E-state index contributed by atoms with van der Waals surface area (Å²) in [6, 6.07) is 27.1. The van der Waals surface area contributed by atoms with Crippen molar-refractivity contribution in [2.24, 2.45) is 12.5 Å². The number of furan rings is 1. The molecule has 42 heavy (non-hydrogen) atoms. The van der Waals surface area contributed by atoms with Gasteiger partial charge in [0.05, 0.1) is 11.1 Å². The summed E-state index contributed by atoms with van der Waals surface area (Å²) in [5.74, 6) is -0.272. The van der Waals surface area contributed by atoms with Crippen molar-refractivity contribution in [1.82, 2.24) is 0 Å². The maximum atomic E-state index is 15.9. The minimum Gasteiger partial charge on any atom is -0.454 e. The van der Waals surface area contributed by atoms with Crippen molar-refractivity contribution in [1.29, 1.82) is 0 Å². The van der Waals surface area contributed by atoms with Crippen LogP contribution in [0.15, 0.2) is 89.5 Å². The Balaban J connectivity index is 1.46. The van der Waals surface area contributed by atoms with Gasteiger partial charge in [-0.05, 0) is 75.9 Å². The van der Waals surface area contributed by atoms with Gasteiger partial charge in [-0.2, -0.15) is 0 Å². The number of halogens is 1. The van der Waals surface area contributed by atoms with Crippen LogP contribution in [0.1, 0.15) is 56.9 Å². The molecule has 0 atom stereocenters. The first-order valence-corrected chi connectivity index (χ1v) is 14.8. The summed E-state index contributed by atoms with van der Waals surface area (Å²) in [5.41, 5.74) is 12.3. The molecule has 0 spiro atoms. The molecule has 4 aromatic carbocycles. The average molecular weight is 555 g/mol. The lowest BCUT2D eigenvalue weighted by Gasteiger charge is -2.22. The number of hydrogen-bond acceptors (Lipinski definition) is 1. The van der Waals surface area contributed by atoms with Crippen LogP contribution in [0.5, 0.6) is 0 Å². The molecule has 2 heterocycles. The second kappa shape index (κ2) is 9.13. The van der Waals surface area contributed by atoms with Gasteiger partial charge in [-0.15, -0.1) is 0 Å². The van der Waals surface area contributed by atoms with Crippen molar-refractivity contribution in [3.05, 3.63) is 113 Å². The lowest BCUT2D eigenvalue weighted by atomic mass is 9.81. The number of pyridine rings is 1. The zero-order valence-corrected chi connectivity index (χ0v) is 25.5. The second-order valence-electron chi connectivity index (χ2n) is 13.7. The van der Waals surface area contributed by atoms with Crippen LogP contribution >= 0.6 is 0 Å². The summed E-state index contributed by atoms with van der Waals surface area (Å²) < 4.78 is 24.8. The molecular weight excluding hydrogens is 517 g/mol. The molecule has 2 aromatic heterocycles. The van der Waals surface area contributed by atoms with E-state index in [-0.39, 0.29) is 16.6 Å². The van der Waals surface area contributed by atoms with Gasteiger partial charge in [-0.3, -0.25) is 0 Å². The Morgan fingerprint density at radius 2 is 1.48 bits per heavy atom. The molecule has 0 unspecified atom stereocenters. The molecule has 0 saturated heterocycles. The van der Waals surface area contributed by atoms with Crippen LogP contribution in [-0.4, -0.2) is 0 Å². The molecule has 0 bridgehead atoms. The summed E-state index contributed by atoms with van der Waals surface area (Å²) in [7, 11) is 2.08. The fourth-order valence-electron chi connectivity index (χ4n) is 7.01. The Hall–Kier alpha value is -4.24. The lowest BCUT2D eigenvalue weighted by molar-refractivity contribution is -0.660. The number of nitrogens with zero attached hydrogens (tertiary/aromatic N) is 1. The van der Waals surface area contributed by atoms with E-state index in [0.29, 0.717) is 11.1 Å². The third-order valence-corrected chi connectivity index (χ3v) is 9.04. The minimum absolute atomic E-state index is 0.169. The predicted octanol–water partition coefficient (Wildman–Crippen LogP) is 10.1. The fourth-order valence-corrected chi connectivity index (χ4v) is 7.01. The highest BCUT2D eigenvalue weighted by atomic mass is 19.1. The van der Waals surface area contributed by atoms with Crippen LogP contribution in [0.3, 0.4) is 0 Å². The highest BCUT2D eigenvalue weighted by Crippen LogP contribution is 2.50. The number of aromatic nitrogens is 1. The standard InChI is InChI=1S/C39H37FNO/c1-23-12-14-28-29-16-17-32(40)35(25-13-15-27-26-10-8-9-11-30(26)39(5,6)31(27)21-25)37(29)42-36(28)34(23)33-20-24(18-19-41(33)7)22-38(2,3)4/h8-21H,22H2,1-7H3/q+1. The molecule has 0 saturated carbocycles. The number of hydrogen-bond donors (Lipinski definition) is 0. The van der Waals surface area contributed by atoms with Gasteiger partial charge in [-0.25, -0.2) is 8.96 Å². The second-order valence-corrected chi connectivity index (χ2v) is 13.7. The Kier molecular flexibility index (Phi) is 5.79. The molecule has 1 aliphatic carbocycles. The SMILES string of the molecule is Cc1ccc2c(oc3c(-c4ccc5c(c4)C(C)(C)c4ccccc4-5)c(F)ccc32)c1-c1cc(CC(C)(C)C)cc[n+]1C. The first-order chi connectivity index (χ1) is 19.9. The van der Waals surface area contributed by atoms with Crippen LogP contribution in [0.25, 0.3) is 55.4 Å². The van der Waals surface area contributed by atoms with E-state index >= 15 is 4.39 Å². The van der Waals surface area contributed by atoms with Gasteiger partial charge in [0.2, 0.25) is 5.69 Å². The average Bonchev–Trinajstić information content (AvgIpc) is 3.41. The zero-order valence-electron chi connectivity index (χ0n) is 25.5. The fraction of sp³-hybridized carbons (Fsp3) is 0.256. The topological polar surface area (TPSA) is 17.0 Å². The van der Waals surface area contributed by atoms with Crippen LogP contribution in [-0.2, 0) is 18.9 Å². The van der Waals surface area contributed by atoms with E-state index in [1.54, 1.807) is 6.07 Å². The number of benzene rings is 4. The minimum atomic E-state index is -0.272. The van der Waals surface area contributed by atoms with Crippen LogP contribution in [0, 0.1) is 18.2 Å². The molecule has 0 N–H and O–H groups in total. The molecule has 7 rings (SSSR count). The molecule has 0 aliphatic heterocycles. The highest BCUT2D eigenvalue weighted by molar-refractivity contribution is 6.13. The van der Waals surface area contributed by atoms with Crippen molar-refractivity contribution in [2.75, 3.05) is 0 Å². The summed E-state index contributed by atoms with van der Waals surface area (Å²) in [5, 5.41) is 1.93. The van der Waals surface area contributed by atoms with Gasteiger partial charge >= 0.3 is 0 Å². The highest BCUT2D eigenvalue weighted by Gasteiger charge is 2.35. The number of rotatable bonds is 3. The molecule has 6 aromatic rings. The molecule has 2 nitrogen and oxygen atoms in total. The Bertz CT molecular complexity index is 2050. The smallest absolute Gasteiger partial charge is 0.216 e. The Morgan fingerprint density at radius 3 is 2.24 bits per heavy atom. The third kappa shape index (κ3) is 4.01. The van der Waals surface area contributed by atoms with E-state index in [0.717, 1.165) is 45.2 Å². The molecule has 0 amide bonds. The number of aryl methyl sites for hydroxylation is 2. The van der Waals surface area contributed by atoms with Gasteiger partial charge in [0.15, 0.2) is 6.20 Å². The quantitative estimate of drug-likeness (QED) is 0.199. The maximum Gasteiger partial charge on any atom is 0.216 e. The first-order valence-electron chi connectivity index (χ1n) is 14.8. The Morgan fingerprint density at radius 1 is 0.786 bits per heavy atom. The summed E-state index contributed by atoms with van der Waals surface area (Å²) >= 11 is 0. The summed E-state index contributed by atoms with van der Waals surface area (Å²) in [6.45, 7) is 13.4. The lowest BCUT2D eigenvalue weighted by Crippen LogP contribution is -2.31. The van der Waals surface area contributed by atoms with Crippen molar-refractivity contribution < 1.29 is 13.4 Å². The van der Waals surface area contributed by atoms with Gasteiger partial charge < -0.3 is 4.42 Å². The van der Waals surface area contributed by atoms with E-state index in [1.807, 2.05) is 12.1 Å².